The Labute approximate surface area is 183 Å². The standard InChI is InChI=1S/C22H20ClNO5S/c1-3-4-14-5-7-18(19(11-14)27-2)29-10-9-28-17-8-6-16(23)12-15(17)13-20-21(25)24-22(26)30-20/h3,5-8,11-13H,1,4,9-10H2,2H3,(H,24,25,26)/b20-13+. The molecule has 8 heteroatoms. The van der Waals surface area contributed by atoms with Gasteiger partial charge in [0, 0.05) is 10.6 Å². The van der Waals surface area contributed by atoms with Gasteiger partial charge < -0.3 is 14.2 Å². The number of thioether (sulfide) groups is 1. The maximum Gasteiger partial charge on any atom is 0.290 e. The lowest BCUT2D eigenvalue weighted by molar-refractivity contribution is -0.115. The molecule has 0 atom stereocenters. The van der Waals surface area contributed by atoms with Crippen LogP contribution >= 0.6 is 23.4 Å². The van der Waals surface area contributed by atoms with Crippen LogP contribution in [0.25, 0.3) is 6.08 Å². The molecular weight excluding hydrogens is 426 g/mol. The fourth-order valence-corrected chi connectivity index (χ4v) is 3.61. The molecule has 3 rings (SSSR count). The fourth-order valence-electron chi connectivity index (χ4n) is 2.75. The van der Waals surface area contributed by atoms with Gasteiger partial charge in [0.1, 0.15) is 19.0 Å². The number of imide groups is 1. The van der Waals surface area contributed by atoms with E-state index in [9.17, 15) is 9.59 Å². The molecule has 6 nitrogen and oxygen atoms in total. The molecule has 1 heterocycles. The highest BCUT2D eigenvalue weighted by molar-refractivity contribution is 8.18. The first kappa shape index (κ1) is 21.8. The van der Waals surface area contributed by atoms with Gasteiger partial charge in [0.2, 0.25) is 0 Å². The highest BCUT2D eigenvalue weighted by atomic mass is 35.5. The SMILES string of the molecule is C=CCc1ccc(OCCOc2ccc(Cl)cc2/C=C2/SC(=O)NC2=O)c(OC)c1. The summed E-state index contributed by atoms with van der Waals surface area (Å²) in [5.74, 6) is 1.34. The Morgan fingerprint density at radius 1 is 1.07 bits per heavy atom. The van der Waals surface area contributed by atoms with Crippen LogP contribution in [0.2, 0.25) is 5.02 Å². The van der Waals surface area contributed by atoms with Gasteiger partial charge in [0.05, 0.1) is 12.0 Å². The Morgan fingerprint density at radius 2 is 1.80 bits per heavy atom. The van der Waals surface area contributed by atoms with Gasteiger partial charge in [-0.25, -0.2) is 0 Å². The highest BCUT2D eigenvalue weighted by Crippen LogP contribution is 2.31. The fraction of sp³-hybridized carbons (Fsp3) is 0.182. The van der Waals surface area contributed by atoms with Gasteiger partial charge in [-0.05, 0) is 60.2 Å². The summed E-state index contributed by atoms with van der Waals surface area (Å²) in [5, 5.41) is 2.30. The van der Waals surface area contributed by atoms with E-state index in [0.717, 1.165) is 23.7 Å². The minimum atomic E-state index is -0.439. The molecule has 0 spiro atoms. The van der Waals surface area contributed by atoms with Crippen molar-refractivity contribution in [2.75, 3.05) is 20.3 Å². The number of nitrogens with one attached hydrogen (secondary N) is 1. The van der Waals surface area contributed by atoms with Gasteiger partial charge in [0.25, 0.3) is 11.1 Å². The summed E-state index contributed by atoms with van der Waals surface area (Å²) in [5.41, 5.74) is 1.68. The van der Waals surface area contributed by atoms with Gasteiger partial charge in [-0.2, -0.15) is 0 Å². The van der Waals surface area contributed by atoms with Crippen LogP contribution in [-0.2, 0) is 11.2 Å². The average molecular weight is 446 g/mol. The number of benzene rings is 2. The molecule has 1 aliphatic heterocycles. The molecule has 2 aromatic rings. The zero-order valence-electron chi connectivity index (χ0n) is 16.3. The first-order valence-electron chi connectivity index (χ1n) is 9.08. The quantitative estimate of drug-likeness (QED) is 0.337. The predicted molar refractivity (Wildman–Crippen MR) is 118 cm³/mol. The summed E-state index contributed by atoms with van der Waals surface area (Å²) in [6.45, 7) is 4.27. The van der Waals surface area contributed by atoms with E-state index in [-0.39, 0.29) is 18.1 Å². The van der Waals surface area contributed by atoms with Crippen molar-refractivity contribution < 1.29 is 23.8 Å². The van der Waals surface area contributed by atoms with Crippen molar-refractivity contribution in [2.24, 2.45) is 0 Å². The minimum Gasteiger partial charge on any atom is -0.493 e. The molecule has 1 saturated heterocycles. The summed E-state index contributed by atoms with van der Waals surface area (Å²) < 4.78 is 17.0. The summed E-state index contributed by atoms with van der Waals surface area (Å²) in [6.07, 6.45) is 4.15. The number of ether oxygens (including phenoxy) is 3. The predicted octanol–water partition coefficient (Wildman–Crippen LogP) is 4.86. The molecule has 0 aromatic heterocycles. The summed E-state index contributed by atoms with van der Waals surface area (Å²) in [7, 11) is 1.59. The van der Waals surface area contributed by atoms with Crippen LogP contribution in [0.4, 0.5) is 4.79 Å². The zero-order valence-corrected chi connectivity index (χ0v) is 17.8. The molecule has 156 valence electrons. The second kappa shape index (κ2) is 10.2. The lowest BCUT2D eigenvalue weighted by Crippen LogP contribution is -2.17. The molecule has 1 aliphatic rings. The van der Waals surface area contributed by atoms with E-state index in [2.05, 4.69) is 11.9 Å². The van der Waals surface area contributed by atoms with Crippen molar-refractivity contribution in [3.05, 3.63) is 70.1 Å². The topological polar surface area (TPSA) is 73.9 Å². The maximum absolute atomic E-state index is 11.8. The number of allylic oxidation sites excluding steroid dienone is 1. The number of hydrogen-bond donors (Lipinski definition) is 1. The molecule has 1 N–H and O–H groups in total. The van der Waals surface area contributed by atoms with E-state index < -0.39 is 11.1 Å². The molecule has 0 bridgehead atoms. The second-order valence-corrected chi connectivity index (χ2v) is 7.66. The van der Waals surface area contributed by atoms with E-state index in [0.29, 0.717) is 27.8 Å². The first-order chi connectivity index (χ1) is 14.5. The van der Waals surface area contributed by atoms with E-state index >= 15 is 0 Å². The molecule has 0 aliphatic carbocycles. The van der Waals surface area contributed by atoms with Crippen molar-refractivity contribution >= 4 is 40.6 Å². The molecule has 0 unspecified atom stereocenters. The van der Waals surface area contributed by atoms with Crippen LogP contribution in [0.1, 0.15) is 11.1 Å². The van der Waals surface area contributed by atoms with Crippen LogP contribution < -0.4 is 19.5 Å². The van der Waals surface area contributed by atoms with Gasteiger partial charge in [-0.1, -0.05) is 23.7 Å². The monoisotopic (exact) mass is 445 g/mol. The molecule has 30 heavy (non-hydrogen) atoms. The third-order valence-corrected chi connectivity index (χ3v) is 5.15. The number of carbonyl (C=O) groups is 2. The van der Waals surface area contributed by atoms with Crippen LogP contribution in [0, 0.1) is 0 Å². The molecule has 1 fully saturated rings. The number of hydrogen-bond acceptors (Lipinski definition) is 6. The van der Waals surface area contributed by atoms with E-state index in [4.69, 9.17) is 25.8 Å². The Kier molecular flexibility index (Phi) is 7.43. The Hall–Kier alpha value is -2.90. The van der Waals surface area contributed by atoms with E-state index in [1.807, 2.05) is 24.3 Å². The van der Waals surface area contributed by atoms with Crippen LogP contribution in [0.3, 0.4) is 0 Å². The van der Waals surface area contributed by atoms with Gasteiger partial charge in [-0.3, -0.25) is 14.9 Å². The van der Waals surface area contributed by atoms with Crippen molar-refractivity contribution in [1.82, 2.24) is 5.32 Å². The number of carbonyl (C=O) groups excluding carboxylic acids is 2. The largest absolute Gasteiger partial charge is 0.493 e. The number of rotatable bonds is 9. The maximum atomic E-state index is 11.8. The normalized spacial score (nSPS) is 14.5. The van der Waals surface area contributed by atoms with Crippen molar-refractivity contribution in [3.63, 3.8) is 0 Å². The van der Waals surface area contributed by atoms with Crippen LogP contribution in [0.5, 0.6) is 17.2 Å². The molecule has 2 amide bonds. The zero-order chi connectivity index (χ0) is 21.5. The molecule has 2 aromatic carbocycles. The number of halogens is 1. The first-order valence-corrected chi connectivity index (χ1v) is 10.3. The summed E-state index contributed by atoms with van der Waals surface area (Å²) in [6, 6.07) is 10.8. The molecule has 0 radical (unpaired) electrons. The molecular formula is C22H20ClNO5S. The average Bonchev–Trinajstić information content (AvgIpc) is 3.04. The third-order valence-electron chi connectivity index (χ3n) is 4.11. The Balaban J connectivity index is 1.64. The summed E-state index contributed by atoms with van der Waals surface area (Å²) >= 11 is 6.91. The lowest BCUT2D eigenvalue weighted by Gasteiger charge is -2.13. The lowest BCUT2D eigenvalue weighted by atomic mass is 10.1. The van der Waals surface area contributed by atoms with E-state index in [1.54, 1.807) is 31.4 Å². The van der Waals surface area contributed by atoms with Gasteiger partial charge >= 0.3 is 0 Å². The van der Waals surface area contributed by atoms with E-state index in [1.165, 1.54) is 0 Å². The van der Waals surface area contributed by atoms with Crippen molar-refractivity contribution in [1.29, 1.82) is 0 Å². The smallest absolute Gasteiger partial charge is 0.290 e. The summed E-state index contributed by atoms with van der Waals surface area (Å²) in [4.78, 5) is 23.4. The second-order valence-electron chi connectivity index (χ2n) is 6.21. The highest BCUT2D eigenvalue weighted by Gasteiger charge is 2.25. The van der Waals surface area contributed by atoms with Gasteiger partial charge in [-0.15, -0.1) is 6.58 Å². The van der Waals surface area contributed by atoms with Crippen molar-refractivity contribution in [3.8, 4) is 17.2 Å². The van der Waals surface area contributed by atoms with Crippen molar-refractivity contribution in [2.45, 2.75) is 6.42 Å². The third kappa shape index (κ3) is 5.58. The Bertz CT molecular complexity index is 1010. The van der Waals surface area contributed by atoms with Gasteiger partial charge in [0.15, 0.2) is 11.5 Å². The number of amides is 2. The Morgan fingerprint density at radius 3 is 2.47 bits per heavy atom. The van der Waals surface area contributed by atoms with Crippen LogP contribution in [0.15, 0.2) is 54.0 Å². The minimum absolute atomic E-state index is 0.258. The van der Waals surface area contributed by atoms with Crippen LogP contribution in [-0.4, -0.2) is 31.5 Å². The molecule has 0 saturated carbocycles. The number of methoxy groups -OCH3 is 1.